The Bertz CT molecular complexity index is 1400. The summed E-state index contributed by atoms with van der Waals surface area (Å²) in [6.07, 6.45) is 5.41. The summed E-state index contributed by atoms with van der Waals surface area (Å²) in [5, 5.41) is 4.58. The number of nitrogens with one attached hydrogen (secondary N) is 2. The molecule has 0 bridgehead atoms. The number of anilines is 2. The van der Waals surface area contributed by atoms with Gasteiger partial charge in [0.25, 0.3) is 0 Å². The Labute approximate surface area is 202 Å². The second-order valence-electron chi connectivity index (χ2n) is 9.90. The summed E-state index contributed by atoms with van der Waals surface area (Å²) in [7, 11) is 1.77. The first-order chi connectivity index (χ1) is 16.9. The maximum absolute atomic E-state index is 14.5. The second kappa shape index (κ2) is 8.30. The molecular weight excluding hydrogens is 447 g/mol. The molecule has 4 N–H and O–H groups in total. The van der Waals surface area contributed by atoms with Crippen molar-refractivity contribution in [2.45, 2.75) is 38.6 Å². The second-order valence-corrected chi connectivity index (χ2v) is 9.90. The smallest absolute Gasteiger partial charge is 0.326 e. The molecule has 3 aromatic heterocycles. The Hall–Kier alpha value is -3.53. The van der Waals surface area contributed by atoms with Crippen LogP contribution in [0.5, 0.6) is 11.8 Å². The maximum Gasteiger partial charge on any atom is 0.326 e. The summed E-state index contributed by atoms with van der Waals surface area (Å²) in [5.41, 5.74) is 8.33. The SMILES string of the molecule is CNc1cc(F)cc2c1[nH]c1nc(Oc3cnc(C(C)C)nc3)nc(N3CCC4CC(N)C4C3)c12. The van der Waals surface area contributed by atoms with E-state index in [9.17, 15) is 4.39 Å². The van der Waals surface area contributed by atoms with Gasteiger partial charge in [-0.3, -0.25) is 0 Å². The lowest BCUT2D eigenvalue weighted by molar-refractivity contribution is 0.110. The van der Waals surface area contributed by atoms with Crippen molar-refractivity contribution in [3.63, 3.8) is 0 Å². The third-order valence-electron chi connectivity index (χ3n) is 7.36. The number of nitrogens with zero attached hydrogens (tertiary/aromatic N) is 5. The van der Waals surface area contributed by atoms with E-state index >= 15 is 0 Å². The Morgan fingerprint density at radius 3 is 2.74 bits per heavy atom. The van der Waals surface area contributed by atoms with Gasteiger partial charge in [-0.2, -0.15) is 9.97 Å². The average Bonchev–Trinajstić information content (AvgIpc) is 3.21. The predicted octanol–water partition coefficient (Wildman–Crippen LogP) is 4.17. The summed E-state index contributed by atoms with van der Waals surface area (Å²) in [6, 6.07) is 3.40. The third-order valence-corrected chi connectivity index (χ3v) is 7.36. The zero-order valence-electron chi connectivity index (χ0n) is 20.0. The van der Waals surface area contributed by atoms with Crippen molar-refractivity contribution in [2.24, 2.45) is 17.6 Å². The van der Waals surface area contributed by atoms with Gasteiger partial charge < -0.3 is 25.7 Å². The van der Waals surface area contributed by atoms with Crippen LogP contribution in [0, 0.1) is 17.7 Å². The highest BCUT2D eigenvalue weighted by Gasteiger charge is 2.43. The molecule has 0 radical (unpaired) electrons. The van der Waals surface area contributed by atoms with Crippen molar-refractivity contribution in [1.29, 1.82) is 0 Å². The van der Waals surface area contributed by atoms with Crippen LogP contribution in [-0.4, -0.2) is 51.1 Å². The predicted molar refractivity (Wildman–Crippen MR) is 133 cm³/mol. The number of nitrogens with two attached hydrogens (primary N) is 1. The topological polar surface area (TPSA) is 118 Å². The molecule has 1 saturated heterocycles. The van der Waals surface area contributed by atoms with Crippen LogP contribution in [-0.2, 0) is 0 Å². The van der Waals surface area contributed by atoms with Crippen molar-refractivity contribution in [1.82, 2.24) is 24.9 Å². The Balaban J connectivity index is 1.47. The highest BCUT2D eigenvalue weighted by molar-refractivity contribution is 6.14. The van der Waals surface area contributed by atoms with E-state index in [2.05, 4.69) is 30.2 Å². The molecule has 182 valence electrons. The fraction of sp³-hybridized carbons (Fsp3) is 0.440. The summed E-state index contributed by atoms with van der Waals surface area (Å²) in [6.45, 7) is 5.74. The number of rotatable bonds is 5. The number of halogens is 1. The normalized spacial score (nSPS) is 21.9. The average molecular weight is 477 g/mol. The van der Waals surface area contributed by atoms with Crippen molar-refractivity contribution < 1.29 is 9.13 Å². The molecule has 1 aliphatic carbocycles. The minimum Gasteiger partial charge on any atom is -0.421 e. The Kier molecular flexibility index (Phi) is 5.21. The molecule has 1 saturated carbocycles. The van der Waals surface area contributed by atoms with Crippen molar-refractivity contribution in [3.05, 3.63) is 36.2 Å². The van der Waals surface area contributed by atoms with Gasteiger partial charge in [-0.15, -0.1) is 0 Å². The molecule has 1 aromatic carbocycles. The van der Waals surface area contributed by atoms with Crippen molar-refractivity contribution >= 4 is 33.4 Å². The first-order valence-electron chi connectivity index (χ1n) is 12.1. The van der Waals surface area contributed by atoms with E-state index in [1.165, 1.54) is 12.1 Å². The largest absolute Gasteiger partial charge is 0.421 e. The van der Waals surface area contributed by atoms with E-state index in [-0.39, 0.29) is 23.8 Å². The number of aromatic amines is 1. The molecular formula is C25H29FN8O. The standard InChI is InChI=1S/C25H29FN8O/c1-12(2)22-29-9-15(10-30-22)35-25-32-23-20(16-7-14(26)8-19(28-3)21(16)31-23)24(33-25)34-5-4-13-6-18(27)17(13)11-34/h7-10,12-13,17-18,28H,4-6,11,27H2,1-3H3,(H,31,32,33). The molecule has 35 heavy (non-hydrogen) atoms. The monoisotopic (exact) mass is 476 g/mol. The van der Waals surface area contributed by atoms with Crippen LogP contribution in [0.15, 0.2) is 24.5 Å². The summed E-state index contributed by atoms with van der Waals surface area (Å²) >= 11 is 0. The molecule has 6 rings (SSSR count). The number of hydrogen-bond donors (Lipinski definition) is 3. The van der Waals surface area contributed by atoms with Crippen LogP contribution >= 0.6 is 0 Å². The van der Waals surface area contributed by atoms with Crippen LogP contribution in [0.3, 0.4) is 0 Å². The van der Waals surface area contributed by atoms with Crippen LogP contribution in [0.25, 0.3) is 21.9 Å². The van der Waals surface area contributed by atoms with Crippen LogP contribution in [0.1, 0.15) is 38.4 Å². The maximum atomic E-state index is 14.5. The van der Waals surface area contributed by atoms with Gasteiger partial charge in [0.15, 0.2) is 5.75 Å². The minimum absolute atomic E-state index is 0.187. The number of ether oxygens (including phenoxy) is 1. The van der Waals surface area contributed by atoms with Gasteiger partial charge in [-0.25, -0.2) is 14.4 Å². The number of benzene rings is 1. The number of hydrogen-bond acceptors (Lipinski definition) is 8. The van der Waals surface area contributed by atoms with Gasteiger partial charge in [0.05, 0.1) is 29.0 Å². The fourth-order valence-corrected chi connectivity index (χ4v) is 5.41. The van der Waals surface area contributed by atoms with Gasteiger partial charge in [0.1, 0.15) is 23.1 Å². The lowest BCUT2D eigenvalue weighted by atomic mass is 9.66. The molecule has 4 aromatic rings. The molecule has 0 spiro atoms. The van der Waals surface area contributed by atoms with Crippen LogP contribution < -0.4 is 20.7 Å². The molecule has 2 aliphatic rings. The Morgan fingerprint density at radius 1 is 1.23 bits per heavy atom. The van der Waals surface area contributed by atoms with Gasteiger partial charge >= 0.3 is 6.01 Å². The molecule has 4 heterocycles. The molecule has 0 amide bonds. The van der Waals surface area contributed by atoms with E-state index in [0.29, 0.717) is 28.9 Å². The molecule has 9 nitrogen and oxygen atoms in total. The summed E-state index contributed by atoms with van der Waals surface area (Å²) < 4.78 is 20.5. The zero-order valence-corrected chi connectivity index (χ0v) is 20.0. The van der Waals surface area contributed by atoms with Gasteiger partial charge in [-0.1, -0.05) is 13.8 Å². The zero-order chi connectivity index (χ0) is 24.3. The highest BCUT2D eigenvalue weighted by atomic mass is 19.1. The summed E-state index contributed by atoms with van der Waals surface area (Å²) in [4.78, 5) is 23.8. The van der Waals surface area contributed by atoms with Crippen LogP contribution in [0.2, 0.25) is 0 Å². The molecule has 10 heteroatoms. The number of fused-ring (bicyclic) bond motifs is 4. The molecule has 3 atom stereocenters. The fourth-order valence-electron chi connectivity index (χ4n) is 5.41. The number of aromatic nitrogens is 5. The van der Waals surface area contributed by atoms with E-state index < -0.39 is 0 Å². The van der Waals surface area contributed by atoms with E-state index in [1.54, 1.807) is 19.4 Å². The molecule has 1 aliphatic heterocycles. The summed E-state index contributed by atoms with van der Waals surface area (Å²) in [5.74, 6) is 2.92. The Morgan fingerprint density at radius 2 is 2.03 bits per heavy atom. The molecule has 2 fully saturated rings. The molecule has 3 unspecified atom stereocenters. The van der Waals surface area contributed by atoms with E-state index in [0.717, 1.165) is 53.9 Å². The van der Waals surface area contributed by atoms with Crippen LogP contribution in [0.4, 0.5) is 15.9 Å². The van der Waals surface area contributed by atoms with Gasteiger partial charge in [-0.05, 0) is 36.8 Å². The quantitative estimate of drug-likeness (QED) is 0.393. The lowest BCUT2D eigenvalue weighted by Gasteiger charge is -2.50. The minimum atomic E-state index is -0.323. The van der Waals surface area contributed by atoms with Gasteiger partial charge in [0.2, 0.25) is 0 Å². The van der Waals surface area contributed by atoms with Crippen molar-refractivity contribution in [3.8, 4) is 11.8 Å². The van der Waals surface area contributed by atoms with Gasteiger partial charge in [0, 0.05) is 37.5 Å². The first kappa shape index (κ1) is 22.0. The van der Waals surface area contributed by atoms with E-state index in [4.69, 9.17) is 15.5 Å². The third kappa shape index (κ3) is 3.72. The number of piperidine rings is 1. The van der Waals surface area contributed by atoms with Crippen molar-refractivity contribution in [2.75, 3.05) is 30.4 Å². The lowest BCUT2D eigenvalue weighted by Crippen LogP contribution is -2.57. The first-order valence-corrected chi connectivity index (χ1v) is 12.1. The number of H-pyrrole nitrogens is 1. The highest BCUT2D eigenvalue weighted by Crippen LogP contribution is 2.43. The van der Waals surface area contributed by atoms with E-state index in [1.807, 2.05) is 13.8 Å².